The van der Waals surface area contributed by atoms with Gasteiger partial charge in [-0.2, -0.15) is 10.5 Å². The summed E-state index contributed by atoms with van der Waals surface area (Å²) in [6, 6.07) is 3.79. The Morgan fingerprint density at radius 1 is 1.40 bits per heavy atom. The lowest BCUT2D eigenvalue weighted by Crippen LogP contribution is -2.02. The molecule has 1 aromatic rings. The summed E-state index contributed by atoms with van der Waals surface area (Å²) in [4.78, 5) is 3.43. The number of aromatic nitrogens is 1. The van der Waals surface area contributed by atoms with Gasteiger partial charge in [-0.3, -0.25) is 0 Å². The van der Waals surface area contributed by atoms with Gasteiger partial charge in [0.25, 0.3) is 6.43 Å². The summed E-state index contributed by atoms with van der Waals surface area (Å²) in [5.74, 6) is -1.22. The molecule has 6 heteroatoms. The molecule has 0 aliphatic rings. The van der Waals surface area contributed by atoms with Crippen LogP contribution in [0.25, 0.3) is 0 Å². The van der Waals surface area contributed by atoms with E-state index in [1.54, 1.807) is 6.07 Å². The van der Waals surface area contributed by atoms with Gasteiger partial charge in [0.2, 0.25) is 0 Å². The van der Waals surface area contributed by atoms with E-state index in [1.807, 2.05) is 0 Å². The van der Waals surface area contributed by atoms with Crippen molar-refractivity contribution in [3.8, 4) is 12.1 Å². The maximum atomic E-state index is 13.2. The number of hydrogen-bond donors (Lipinski definition) is 0. The molecule has 1 heterocycles. The third-order valence-corrected chi connectivity index (χ3v) is 1.65. The SMILES string of the molecule is N#CCc1nc(C#N)cc(C(F)F)c1F. The predicted molar refractivity (Wildman–Crippen MR) is 43.2 cm³/mol. The van der Waals surface area contributed by atoms with Crippen LogP contribution >= 0.6 is 0 Å². The molecule has 0 unspecified atom stereocenters. The normalized spacial score (nSPS) is 9.73. The number of alkyl halides is 2. The van der Waals surface area contributed by atoms with E-state index in [1.165, 1.54) is 6.07 Å². The molecule has 0 fully saturated rings. The molecule has 0 aliphatic carbocycles. The van der Waals surface area contributed by atoms with Crippen LogP contribution < -0.4 is 0 Å². The fourth-order valence-electron chi connectivity index (χ4n) is 1.01. The average molecular weight is 211 g/mol. The standard InChI is InChI=1S/C9H4F3N3/c10-8-6(9(11)12)3-5(4-14)15-7(8)1-2-13/h3,9H,1H2. The van der Waals surface area contributed by atoms with Gasteiger partial charge in [-0.15, -0.1) is 0 Å². The Kier molecular flexibility index (Phi) is 3.25. The smallest absolute Gasteiger partial charge is 0.238 e. The Labute approximate surface area is 83.4 Å². The van der Waals surface area contributed by atoms with Gasteiger partial charge in [0.05, 0.1) is 23.7 Å². The van der Waals surface area contributed by atoms with Crippen molar-refractivity contribution in [2.24, 2.45) is 0 Å². The van der Waals surface area contributed by atoms with Crippen LogP contribution in [0, 0.1) is 28.5 Å². The van der Waals surface area contributed by atoms with Crippen LogP contribution in [0.1, 0.15) is 23.4 Å². The third-order valence-electron chi connectivity index (χ3n) is 1.65. The quantitative estimate of drug-likeness (QED) is 0.752. The summed E-state index contributed by atoms with van der Waals surface area (Å²) >= 11 is 0. The first-order valence-corrected chi connectivity index (χ1v) is 3.84. The first-order chi connectivity index (χ1) is 7.10. The lowest BCUT2D eigenvalue weighted by molar-refractivity contribution is 0.146. The van der Waals surface area contributed by atoms with Gasteiger partial charge in [0.15, 0.2) is 5.82 Å². The molecule has 0 saturated carbocycles. The Bertz CT molecular complexity index is 457. The summed E-state index contributed by atoms with van der Waals surface area (Å²) in [5, 5.41) is 16.8. The second-order valence-corrected chi connectivity index (χ2v) is 2.60. The van der Waals surface area contributed by atoms with Gasteiger partial charge in [-0.05, 0) is 6.07 Å². The monoisotopic (exact) mass is 211 g/mol. The number of nitriles is 2. The largest absolute Gasteiger partial charge is 0.266 e. The molecule has 0 aliphatic heterocycles. The summed E-state index contributed by atoms with van der Waals surface area (Å²) in [6.07, 6.45) is -3.47. The van der Waals surface area contributed by atoms with Crippen LogP contribution in [0.5, 0.6) is 0 Å². The van der Waals surface area contributed by atoms with E-state index in [9.17, 15) is 13.2 Å². The average Bonchev–Trinajstić information content (AvgIpc) is 2.21. The lowest BCUT2D eigenvalue weighted by atomic mass is 10.1. The first kappa shape index (κ1) is 11.0. The number of pyridine rings is 1. The molecule has 1 aromatic heterocycles. The summed E-state index contributed by atoms with van der Waals surface area (Å²) < 4.78 is 37.8. The number of hydrogen-bond acceptors (Lipinski definition) is 3. The highest BCUT2D eigenvalue weighted by Crippen LogP contribution is 2.24. The van der Waals surface area contributed by atoms with Gasteiger partial charge in [-0.25, -0.2) is 18.2 Å². The molecule has 0 aromatic carbocycles. The molecule has 1 rings (SSSR count). The topological polar surface area (TPSA) is 60.5 Å². The van der Waals surface area contributed by atoms with Crippen LogP contribution in [-0.4, -0.2) is 4.98 Å². The summed E-state index contributed by atoms with van der Waals surface area (Å²) in [7, 11) is 0. The van der Waals surface area contributed by atoms with E-state index < -0.39 is 29.9 Å². The van der Waals surface area contributed by atoms with E-state index in [0.717, 1.165) is 0 Å². The van der Waals surface area contributed by atoms with E-state index in [0.29, 0.717) is 6.07 Å². The van der Waals surface area contributed by atoms with Crippen LogP contribution in [0.15, 0.2) is 6.07 Å². The highest BCUT2D eigenvalue weighted by Gasteiger charge is 2.19. The first-order valence-electron chi connectivity index (χ1n) is 3.84. The highest BCUT2D eigenvalue weighted by atomic mass is 19.3. The molecule has 0 spiro atoms. The fraction of sp³-hybridized carbons (Fsp3) is 0.222. The Morgan fingerprint density at radius 2 is 2.07 bits per heavy atom. The van der Waals surface area contributed by atoms with Crippen LogP contribution in [-0.2, 0) is 6.42 Å². The fourth-order valence-corrected chi connectivity index (χ4v) is 1.01. The minimum atomic E-state index is -3.03. The predicted octanol–water partition coefficient (Wildman–Crippen LogP) is 2.10. The molecular formula is C9H4F3N3. The molecule has 0 N–H and O–H groups in total. The maximum Gasteiger partial charge on any atom is 0.266 e. The van der Waals surface area contributed by atoms with Gasteiger partial charge in [0, 0.05) is 0 Å². The van der Waals surface area contributed by atoms with E-state index in [2.05, 4.69) is 4.98 Å². The van der Waals surface area contributed by atoms with Crippen molar-refractivity contribution >= 4 is 0 Å². The molecule has 0 amide bonds. The molecule has 0 saturated heterocycles. The van der Waals surface area contributed by atoms with Crippen molar-refractivity contribution < 1.29 is 13.2 Å². The Morgan fingerprint density at radius 3 is 2.53 bits per heavy atom. The molecule has 76 valence electrons. The zero-order chi connectivity index (χ0) is 11.4. The zero-order valence-corrected chi connectivity index (χ0v) is 7.34. The van der Waals surface area contributed by atoms with E-state index in [4.69, 9.17) is 10.5 Å². The Hall–Kier alpha value is -2.08. The van der Waals surface area contributed by atoms with Crippen molar-refractivity contribution in [2.45, 2.75) is 12.8 Å². The zero-order valence-electron chi connectivity index (χ0n) is 7.34. The maximum absolute atomic E-state index is 13.2. The number of halogens is 3. The molecule has 15 heavy (non-hydrogen) atoms. The minimum absolute atomic E-state index is 0.322. The Balaban J connectivity index is 3.36. The van der Waals surface area contributed by atoms with Crippen molar-refractivity contribution in [3.63, 3.8) is 0 Å². The molecule has 0 radical (unpaired) electrons. The minimum Gasteiger partial charge on any atom is -0.238 e. The second-order valence-electron chi connectivity index (χ2n) is 2.60. The molecular weight excluding hydrogens is 207 g/mol. The molecule has 0 bridgehead atoms. The van der Waals surface area contributed by atoms with E-state index >= 15 is 0 Å². The number of nitrogens with zero attached hydrogens (tertiary/aromatic N) is 3. The van der Waals surface area contributed by atoms with E-state index in [-0.39, 0.29) is 5.69 Å². The van der Waals surface area contributed by atoms with Crippen LogP contribution in [0.2, 0.25) is 0 Å². The van der Waals surface area contributed by atoms with Crippen LogP contribution in [0.4, 0.5) is 13.2 Å². The lowest BCUT2D eigenvalue weighted by Gasteiger charge is -2.05. The van der Waals surface area contributed by atoms with Gasteiger partial charge in [0.1, 0.15) is 11.8 Å². The highest BCUT2D eigenvalue weighted by molar-refractivity contribution is 5.32. The van der Waals surface area contributed by atoms with Crippen molar-refractivity contribution in [2.75, 3.05) is 0 Å². The molecule has 3 nitrogen and oxygen atoms in total. The summed E-state index contributed by atoms with van der Waals surface area (Å²) in [5.41, 5.74) is -1.64. The van der Waals surface area contributed by atoms with Gasteiger partial charge < -0.3 is 0 Å². The number of rotatable bonds is 2. The van der Waals surface area contributed by atoms with Crippen molar-refractivity contribution in [1.82, 2.24) is 4.98 Å². The third kappa shape index (κ3) is 2.23. The van der Waals surface area contributed by atoms with Crippen molar-refractivity contribution in [1.29, 1.82) is 10.5 Å². The van der Waals surface area contributed by atoms with Gasteiger partial charge in [-0.1, -0.05) is 0 Å². The summed E-state index contributed by atoms with van der Waals surface area (Å²) in [6.45, 7) is 0. The van der Waals surface area contributed by atoms with Crippen LogP contribution in [0.3, 0.4) is 0 Å². The van der Waals surface area contributed by atoms with Gasteiger partial charge >= 0.3 is 0 Å². The molecule has 0 atom stereocenters. The van der Waals surface area contributed by atoms with Crippen molar-refractivity contribution in [3.05, 3.63) is 28.8 Å². The second kappa shape index (κ2) is 4.43.